The van der Waals surface area contributed by atoms with Crippen molar-refractivity contribution < 1.29 is 19.4 Å². The molecule has 0 aliphatic carbocycles. The molecule has 0 aromatic heterocycles. The van der Waals surface area contributed by atoms with Crippen LogP contribution in [0.1, 0.15) is 11.7 Å². The summed E-state index contributed by atoms with van der Waals surface area (Å²) in [6.07, 6.45) is -1.60. The summed E-state index contributed by atoms with van der Waals surface area (Å²) >= 11 is 0. The van der Waals surface area contributed by atoms with Gasteiger partial charge in [0.1, 0.15) is 5.82 Å². The van der Waals surface area contributed by atoms with E-state index in [0.29, 0.717) is 11.1 Å². The first-order valence-corrected chi connectivity index (χ1v) is 5.35. The molecule has 18 heavy (non-hydrogen) atoms. The van der Waals surface area contributed by atoms with E-state index in [-0.39, 0.29) is 11.4 Å². The maximum Gasteiger partial charge on any atom is 0.337 e. The molecule has 0 aliphatic rings. The van der Waals surface area contributed by atoms with E-state index in [1.807, 2.05) is 0 Å². The molecule has 2 aromatic rings. The molecule has 0 saturated carbocycles. The Morgan fingerprint density at radius 1 is 1.11 bits per heavy atom. The highest BCUT2D eigenvalue weighted by Crippen LogP contribution is 2.25. The monoisotopic (exact) mass is 246 g/mol. The first-order chi connectivity index (χ1) is 8.59. The minimum Gasteiger partial charge on any atom is -0.479 e. The number of halogens is 1. The standard InChI is InChI=1S/C14H11FO3/c15-12-7-2-1-6-11(12)9-4-3-5-10(8-9)13(16)14(17)18/h1-8,13,16H,(H,17,18). The average molecular weight is 246 g/mol. The summed E-state index contributed by atoms with van der Waals surface area (Å²) in [6, 6.07) is 12.4. The quantitative estimate of drug-likeness (QED) is 0.875. The van der Waals surface area contributed by atoms with Crippen LogP contribution in [0.15, 0.2) is 48.5 Å². The Morgan fingerprint density at radius 2 is 1.83 bits per heavy atom. The van der Waals surface area contributed by atoms with Crippen LogP contribution in [0.2, 0.25) is 0 Å². The van der Waals surface area contributed by atoms with Gasteiger partial charge in [-0.1, -0.05) is 36.4 Å². The predicted molar refractivity (Wildman–Crippen MR) is 64.4 cm³/mol. The minimum atomic E-state index is -1.60. The smallest absolute Gasteiger partial charge is 0.337 e. The third kappa shape index (κ3) is 2.38. The molecule has 3 nitrogen and oxygen atoms in total. The molecule has 1 atom stereocenters. The molecular formula is C14H11FO3. The number of carboxylic acid groups (broad SMARTS) is 1. The first kappa shape index (κ1) is 12.3. The van der Waals surface area contributed by atoms with Crippen molar-refractivity contribution in [2.75, 3.05) is 0 Å². The maximum atomic E-state index is 13.6. The molecule has 0 aliphatic heterocycles. The molecule has 92 valence electrons. The summed E-state index contributed by atoms with van der Waals surface area (Å²) in [5.41, 5.74) is 1.13. The Labute approximate surface area is 103 Å². The Balaban J connectivity index is 2.45. The summed E-state index contributed by atoms with van der Waals surface area (Å²) in [4.78, 5) is 10.7. The lowest BCUT2D eigenvalue weighted by Crippen LogP contribution is -2.10. The fraction of sp³-hybridized carbons (Fsp3) is 0.0714. The number of benzene rings is 2. The molecule has 0 radical (unpaired) electrons. The van der Waals surface area contributed by atoms with Gasteiger partial charge in [0.2, 0.25) is 0 Å². The Hall–Kier alpha value is -2.20. The highest BCUT2D eigenvalue weighted by atomic mass is 19.1. The van der Waals surface area contributed by atoms with Crippen LogP contribution in [0.25, 0.3) is 11.1 Å². The number of hydrogen-bond donors (Lipinski definition) is 2. The summed E-state index contributed by atoms with van der Waals surface area (Å²) < 4.78 is 13.6. The van der Waals surface area contributed by atoms with Gasteiger partial charge in [-0.15, -0.1) is 0 Å². The van der Waals surface area contributed by atoms with Gasteiger partial charge in [0.25, 0.3) is 0 Å². The largest absolute Gasteiger partial charge is 0.479 e. The molecule has 0 bridgehead atoms. The van der Waals surface area contributed by atoms with Crippen molar-refractivity contribution in [3.63, 3.8) is 0 Å². The van der Waals surface area contributed by atoms with E-state index in [1.54, 1.807) is 30.3 Å². The molecule has 2 rings (SSSR count). The molecule has 0 saturated heterocycles. The van der Waals surface area contributed by atoms with Crippen LogP contribution >= 0.6 is 0 Å². The lowest BCUT2D eigenvalue weighted by atomic mass is 10.0. The van der Waals surface area contributed by atoms with Gasteiger partial charge in [-0.2, -0.15) is 0 Å². The second-order valence-electron chi connectivity index (χ2n) is 3.85. The van der Waals surface area contributed by atoms with E-state index in [2.05, 4.69) is 0 Å². The normalized spacial score (nSPS) is 12.1. The number of carboxylic acids is 1. The van der Waals surface area contributed by atoms with E-state index in [4.69, 9.17) is 5.11 Å². The Bertz CT molecular complexity index is 581. The van der Waals surface area contributed by atoms with Crippen molar-refractivity contribution in [2.45, 2.75) is 6.10 Å². The molecule has 4 heteroatoms. The highest BCUT2D eigenvalue weighted by Gasteiger charge is 2.16. The topological polar surface area (TPSA) is 57.5 Å². The third-order valence-corrected chi connectivity index (χ3v) is 2.62. The van der Waals surface area contributed by atoms with Crippen molar-refractivity contribution in [1.82, 2.24) is 0 Å². The molecule has 2 N–H and O–H groups in total. The molecule has 0 heterocycles. The van der Waals surface area contributed by atoms with E-state index in [1.165, 1.54) is 18.2 Å². The van der Waals surface area contributed by atoms with Crippen molar-refractivity contribution in [1.29, 1.82) is 0 Å². The average Bonchev–Trinajstić information content (AvgIpc) is 2.38. The van der Waals surface area contributed by atoms with Crippen LogP contribution in [0.4, 0.5) is 4.39 Å². The zero-order valence-electron chi connectivity index (χ0n) is 9.38. The molecule has 2 aromatic carbocycles. The number of aliphatic carboxylic acids is 1. The van der Waals surface area contributed by atoms with Gasteiger partial charge in [-0.25, -0.2) is 9.18 Å². The van der Waals surface area contributed by atoms with Crippen LogP contribution in [-0.4, -0.2) is 16.2 Å². The maximum absolute atomic E-state index is 13.6. The molecule has 0 fully saturated rings. The zero-order valence-corrected chi connectivity index (χ0v) is 9.38. The van der Waals surface area contributed by atoms with E-state index in [0.717, 1.165) is 0 Å². The van der Waals surface area contributed by atoms with Crippen LogP contribution in [-0.2, 0) is 4.79 Å². The summed E-state index contributed by atoms with van der Waals surface area (Å²) in [5.74, 6) is -1.72. The summed E-state index contributed by atoms with van der Waals surface area (Å²) in [6.45, 7) is 0. The number of carbonyl (C=O) groups is 1. The molecular weight excluding hydrogens is 235 g/mol. The number of hydrogen-bond acceptors (Lipinski definition) is 2. The van der Waals surface area contributed by atoms with E-state index in [9.17, 15) is 14.3 Å². The minimum absolute atomic E-state index is 0.225. The molecule has 1 unspecified atom stereocenters. The number of aliphatic hydroxyl groups excluding tert-OH is 1. The predicted octanol–water partition coefficient (Wildman–Crippen LogP) is 2.61. The van der Waals surface area contributed by atoms with Crippen LogP contribution < -0.4 is 0 Å². The van der Waals surface area contributed by atoms with E-state index >= 15 is 0 Å². The second-order valence-corrected chi connectivity index (χ2v) is 3.85. The van der Waals surface area contributed by atoms with E-state index < -0.39 is 12.1 Å². The van der Waals surface area contributed by atoms with Gasteiger partial charge in [-0.05, 0) is 23.3 Å². The van der Waals surface area contributed by atoms with Crippen molar-refractivity contribution >= 4 is 5.97 Å². The Kier molecular flexibility index (Phi) is 3.39. The highest BCUT2D eigenvalue weighted by molar-refractivity contribution is 5.75. The van der Waals surface area contributed by atoms with Crippen molar-refractivity contribution in [3.05, 3.63) is 59.9 Å². The van der Waals surface area contributed by atoms with Crippen molar-refractivity contribution in [3.8, 4) is 11.1 Å². The Morgan fingerprint density at radius 3 is 2.50 bits per heavy atom. The fourth-order valence-corrected chi connectivity index (χ4v) is 1.71. The second kappa shape index (κ2) is 4.98. The van der Waals surface area contributed by atoms with Crippen LogP contribution in [0, 0.1) is 5.82 Å². The lowest BCUT2D eigenvalue weighted by molar-refractivity contribution is -0.146. The molecule has 0 spiro atoms. The van der Waals surface area contributed by atoms with Gasteiger partial charge in [0.05, 0.1) is 0 Å². The summed E-state index contributed by atoms with van der Waals surface area (Å²) in [5, 5.41) is 18.2. The number of rotatable bonds is 3. The number of aliphatic hydroxyl groups is 1. The third-order valence-electron chi connectivity index (χ3n) is 2.62. The fourth-order valence-electron chi connectivity index (χ4n) is 1.71. The van der Waals surface area contributed by atoms with Gasteiger partial charge >= 0.3 is 5.97 Å². The van der Waals surface area contributed by atoms with Crippen LogP contribution in [0.3, 0.4) is 0 Å². The molecule has 0 amide bonds. The SMILES string of the molecule is O=C(O)C(O)c1cccc(-c2ccccc2F)c1. The van der Waals surface area contributed by atoms with Crippen molar-refractivity contribution in [2.24, 2.45) is 0 Å². The summed E-state index contributed by atoms with van der Waals surface area (Å²) in [7, 11) is 0. The van der Waals surface area contributed by atoms with Crippen LogP contribution in [0.5, 0.6) is 0 Å². The first-order valence-electron chi connectivity index (χ1n) is 5.35. The van der Waals surface area contributed by atoms with Gasteiger partial charge < -0.3 is 10.2 Å². The lowest BCUT2D eigenvalue weighted by Gasteiger charge is -2.09. The van der Waals surface area contributed by atoms with Gasteiger partial charge in [0, 0.05) is 5.56 Å². The van der Waals surface area contributed by atoms with Gasteiger partial charge in [0.15, 0.2) is 6.10 Å². The zero-order chi connectivity index (χ0) is 13.1. The van der Waals surface area contributed by atoms with Gasteiger partial charge in [-0.3, -0.25) is 0 Å².